The topological polar surface area (TPSA) is 65.8 Å². The number of thioether (sulfide) groups is 1. The molecule has 0 aliphatic heterocycles. The number of nitrogens with zero attached hydrogens (tertiary/aromatic N) is 2. The van der Waals surface area contributed by atoms with Crippen LogP contribution in [0.4, 0.5) is 4.39 Å². The number of nitriles is 1. The smallest absolute Gasteiger partial charge is 0.254 e. The molecule has 1 amide bonds. The summed E-state index contributed by atoms with van der Waals surface area (Å²) in [5.41, 5.74) is 2.94. The van der Waals surface area contributed by atoms with E-state index in [1.807, 2.05) is 19.1 Å². The normalized spacial score (nSPS) is 11.5. The Kier molecular flexibility index (Phi) is 6.41. The van der Waals surface area contributed by atoms with Crippen molar-refractivity contribution in [1.82, 2.24) is 10.3 Å². The highest BCUT2D eigenvalue weighted by atomic mass is 32.2. The van der Waals surface area contributed by atoms with Crippen LogP contribution in [0.25, 0.3) is 0 Å². The number of benzene rings is 2. The van der Waals surface area contributed by atoms with Gasteiger partial charge in [0.15, 0.2) is 0 Å². The molecule has 1 unspecified atom stereocenters. The molecule has 0 saturated carbocycles. The van der Waals surface area contributed by atoms with Gasteiger partial charge in [-0.3, -0.25) is 4.79 Å². The molecule has 1 atom stereocenters. The number of carbonyl (C=O) groups is 1. The fourth-order valence-corrected chi connectivity index (χ4v) is 3.56. The van der Waals surface area contributed by atoms with Crippen molar-refractivity contribution in [3.05, 3.63) is 94.9 Å². The van der Waals surface area contributed by atoms with E-state index in [4.69, 9.17) is 5.26 Å². The number of aromatic nitrogens is 1. The highest BCUT2D eigenvalue weighted by molar-refractivity contribution is 7.98. The molecular formula is C22H18FN3OS. The van der Waals surface area contributed by atoms with Crippen LogP contribution in [-0.4, -0.2) is 10.9 Å². The third kappa shape index (κ3) is 4.96. The molecule has 0 saturated heterocycles. The van der Waals surface area contributed by atoms with Crippen LogP contribution in [0.2, 0.25) is 0 Å². The summed E-state index contributed by atoms with van der Waals surface area (Å²) < 4.78 is 13.0. The minimum absolute atomic E-state index is 0.213. The predicted molar refractivity (Wildman–Crippen MR) is 107 cm³/mol. The van der Waals surface area contributed by atoms with Crippen LogP contribution in [0.15, 0.2) is 71.9 Å². The van der Waals surface area contributed by atoms with Gasteiger partial charge in [-0.15, -0.1) is 11.8 Å². The van der Waals surface area contributed by atoms with Gasteiger partial charge in [0.1, 0.15) is 10.8 Å². The number of hydrogen-bond donors (Lipinski definition) is 1. The molecule has 0 spiro atoms. The molecule has 6 heteroatoms. The van der Waals surface area contributed by atoms with Crippen molar-refractivity contribution < 1.29 is 9.18 Å². The van der Waals surface area contributed by atoms with Crippen molar-refractivity contribution in [2.24, 2.45) is 0 Å². The predicted octanol–water partition coefficient (Wildman–Crippen LogP) is 4.88. The molecule has 0 bridgehead atoms. The largest absolute Gasteiger partial charge is 0.345 e. The zero-order chi connectivity index (χ0) is 19.9. The molecule has 2 aromatic carbocycles. The van der Waals surface area contributed by atoms with Crippen LogP contribution >= 0.6 is 11.8 Å². The maximum Gasteiger partial charge on any atom is 0.254 e. The average Bonchev–Trinajstić information content (AvgIpc) is 2.73. The molecule has 4 nitrogen and oxygen atoms in total. The van der Waals surface area contributed by atoms with Crippen LogP contribution in [0, 0.1) is 17.1 Å². The van der Waals surface area contributed by atoms with E-state index in [-0.39, 0.29) is 17.8 Å². The molecule has 0 radical (unpaired) electrons. The Morgan fingerprint density at radius 3 is 2.57 bits per heavy atom. The molecular weight excluding hydrogens is 373 g/mol. The molecule has 1 N–H and O–H groups in total. The van der Waals surface area contributed by atoms with Gasteiger partial charge in [0.25, 0.3) is 5.91 Å². The van der Waals surface area contributed by atoms with Crippen LogP contribution in [-0.2, 0) is 5.75 Å². The van der Waals surface area contributed by atoms with Crippen molar-refractivity contribution in [1.29, 1.82) is 5.26 Å². The molecule has 140 valence electrons. The summed E-state index contributed by atoms with van der Waals surface area (Å²) in [4.78, 5) is 17.1. The van der Waals surface area contributed by atoms with E-state index in [9.17, 15) is 9.18 Å². The van der Waals surface area contributed by atoms with Gasteiger partial charge in [-0.1, -0.05) is 24.3 Å². The van der Waals surface area contributed by atoms with Crippen LogP contribution in [0.5, 0.6) is 0 Å². The van der Waals surface area contributed by atoms with Gasteiger partial charge in [0, 0.05) is 11.9 Å². The third-order valence-electron chi connectivity index (χ3n) is 4.19. The van der Waals surface area contributed by atoms with E-state index in [1.165, 1.54) is 23.9 Å². The molecule has 3 rings (SSSR count). The van der Waals surface area contributed by atoms with Crippen molar-refractivity contribution >= 4 is 17.7 Å². The molecule has 0 aliphatic rings. The maximum absolute atomic E-state index is 13.0. The lowest BCUT2D eigenvalue weighted by molar-refractivity contribution is 0.0936. The van der Waals surface area contributed by atoms with E-state index in [1.54, 1.807) is 42.6 Å². The second kappa shape index (κ2) is 9.16. The first-order chi connectivity index (χ1) is 13.6. The van der Waals surface area contributed by atoms with E-state index < -0.39 is 0 Å². The van der Waals surface area contributed by atoms with Crippen molar-refractivity contribution in [3.8, 4) is 6.07 Å². The van der Waals surface area contributed by atoms with Crippen LogP contribution in [0.1, 0.15) is 40.0 Å². The summed E-state index contributed by atoms with van der Waals surface area (Å²) in [6, 6.07) is 18.7. The van der Waals surface area contributed by atoms with Crippen molar-refractivity contribution in [3.63, 3.8) is 0 Å². The Morgan fingerprint density at radius 1 is 1.18 bits per heavy atom. The van der Waals surface area contributed by atoms with Gasteiger partial charge in [0.05, 0.1) is 23.2 Å². The zero-order valence-corrected chi connectivity index (χ0v) is 16.0. The Hall–Kier alpha value is -3.17. The van der Waals surface area contributed by atoms with Crippen LogP contribution in [0.3, 0.4) is 0 Å². The van der Waals surface area contributed by atoms with E-state index in [0.29, 0.717) is 21.9 Å². The average molecular weight is 391 g/mol. The van der Waals surface area contributed by atoms with Gasteiger partial charge in [-0.05, 0) is 54.4 Å². The van der Waals surface area contributed by atoms with Gasteiger partial charge in [-0.25, -0.2) is 9.37 Å². The minimum atomic E-state index is -0.275. The van der Waals surface area contributed by atoms with E-state index >= 15 is 0 Å². The van der Waals surface area contributed by atoms with Crippen molar-refractivity contribution in [2.75, 3.05) is 0 Å². The number of pyridine rings is 1. The van der Waals surface area contributed by atoms with Gasteiger partial charge in [-0.2, -0.15) is 5.26 Å². The first-order valence-electron chi connectivity index (χ1n) is 8.70. The Balaban J connectivity index is 1.69. The van der Waals surface area contributed by atoms with Crippen molar-refractivity contribution in [2.45, 2.75) is 23.7 Å². The lowest BCUT2D eigenvalue weighted by Gasteiger charge is -2.15. The first kappa shape index (κ1) is 19.6. The van der Waals surface area contributed by atoms with Crippen LogP contribution < -0.4 is 5.32 Å². The summed E-state index contributed by atoms with van der Waals surface area (Å²) in [7, 11) is 0. The fourth-order valence-electron chi connectivity index (χ4n) is 2.62. The standard InChI is InChI=1S/C22H18FN3OS/c1-15(18-8-4-16(13-24)5-9-18)26-21(27)20-3-2-12-25-22(20)28-14-17-6-10-19(23)11-7-17/h2-12,15H,14H2,1H3,(H,26,27). The number of nitrogens with one attached hydrogen (secondary N) is 1. The number of halogens is 1. The monoisotopic (exact) mass is 391 g/mol. The highest BCUT2D eigenvalue weighted by Crippen LogP contribution is 2.25. The summed E-state index contributed by atoms with van der Waals surface area (Å²) in [6.45, 7) is 1.89. The molecule has 0 fully saturated rings. The zero-order valence-electron chi connectivity index (χ0n) is 15.2. The maximum atomic E-state index is 13.0. The third-order valence-corrected chi connectivity index (χ3v) is 5.27. The lowest BCUT2D eigenvalue weighted by atomic mass is 10.1. The minimum Gasteiger partial charge on any atom is -0.345 e. The second-order valence-corrected chi connectivity index (χ2v) is 7.16. The number of rotatable bonds is 6. The lowest BCUT2D eigenvalue weighted by Crippen LogP contribution is -2.27. The summed E-state index contributed by atoms with van der Waals surface area (Å²) >= 11 is 1.43. The Morgan fingerprint density at radius 2 is 1.89 bits per heavy atom. The molecule has 1 heterocycles. The highest BCUT2D eigenvalue weighted by Gasteiger charge is 2.16. The van der Waals surface area contributed by atoms with Gasteiger partial charge >= 0.3 is 0 Å². The summed E-state index contributed by atoms with van der Waals surface area (Å²) in [5.74, 6) is 0.0953. The molecule has 0 aliphatic carbocycles. The number of amides is 1. The number of carbonyl (C=O) groups excluding carboxylic acids is 1. The molecule has 3 aromatic rings. The van der Waals surface area contributed by atoms with Gasteiger partial charge < -0.3 is 5.32 Å². The van der Waals surface area contributed by atoms with Gasteiger partial charge in [0.2, 0.25) is 0 Å². The Bertz CT molecular complexity index is 998. The SMILES string of the molecule is CC(NC(=O)c1cccnc1SCc1ccc(F)cc1)c1ccc(C#N)cc1. The Labute approximate surface area is 167 Å². The quantitative estimate of drug-likeness (QED) is 0.609. The summed E-state index contributed by atoms with van der Waals surface area (Å²) in [6.07, 6.45) is 1.65. The fraction of sp³-hybridized carbons (Fsp3) is 0.136. The number of hydrogen-bond acceptors (Lipinski definition) is 4. The molecule has 28 heavy (non-hydrogen) atoms. The summed E-state index contributed by atoms with van der Waals surface area (Å²) in [5, 5.41) is 12.5. The first-order valence-corrected chi connectivity index (χ1v) is 9.68. The van der Waals surface area contributed by atoms with E-state index in [2.05, 4.69) is 16.4 Å². The van der Waals surface area contributed by atoms with E-state index in [0.717, 1.165) is 11.1 Å². The molecule has 1 aromatic heterocycles. The second-order valence-electron chi connectivity index (χ2n) is 6.20.